The average Bonchev–Trinajstić information content (AvgIpc) is 2.95. The normalized spacial score (nSPS) is 10.7. The van der Waals surface area contributed by atoms with Gasteiger partial charge in [0.1, 0.15) is 0 Å². The van der Waals surface area contributed by atoms with Gasteiger partial charge in [-0.2, -0.15) is 0 Å². The standard InChI is InChI=1S/C32H30Cl2N2O3S/c1-2-39-30(37)21-24-16-18-26(19-17-24)40-27-13-6-12-25(22-27)36(20-8-11-23-9-4-3-5-10-23)32(38)35-29-15-7-14-28(33)31(29)34/h3-7,9-10,12-19,22H,2,8,11,20-21H2,1H3,(H,35,38). The van der Waals surface area contributed by atoms with E-state index in [4.69, 9.17) is 27.9 Å². The molecule has 0 fully saturated rings. The van der Waals surface area contributed by atoms with Crippen LogP contribution in [-0.4, -0.2) is 25.2 Å². The summed E-state index contributed by atoms with van der Waals surface area (Å²) >= 11 is 14.1. The molecule has 0 saturated carbocycles. The van der Waals surface area contributed by atoms with Crippen molar-refractivity contribution >= 4 is 58.3 Å². The summed E-state index contributed by atoms with van der Waals surface area (Å²) in [6, 6.07) is 30.8. The first-order chi connectivity index (χ1) is 19.4. The van der Waals surface area contributed by atoms with Crippen LogP contribution >= 0.6 is 35.0 Å². The van der Waals surface area contributed by atoms with Gasteiger partial charge in [-0.3, -0.25) is 9.69 Å². The molecule has 4 aromatic carbocycles. The van der Waals surface area contributed by atoms with Crippen molar-refractivity contribution in [2.45, 2.75) is 36.0 Å². The SMILES string of the molecule is CCOC(=O)Cc1ccc(Sc2cccc(N(CCCc3ccccc3)C(=O)Nc3cccc(Cl)c3Cl)c2)cc1. The Morgan fingerprint density at radius 1 is 0.850 bits per heavy atom. The van der Waals surface area contributed by atoms with E-state index in [0.29, 0.717) is 28.9 Å². The van der Waals surface area contributed by atoms with Gasteiger partial charge in [0.25, 0.3) is 0 Å². The summed E-state index contributed by atoms with van der Waals surface area (Å²) in [4.78, 5) is 29.0. The summed E-state index contributed by atoms with van der Waals surface area (Å²) < 4.78 is 5.03. The first-order valence-electron chi connectivity index (χ1n) is 13.0. The van der Waals surface area contributed by atoms with Crippen molar-refractivity contribution in [3.63, 3.8) is 0 Å². The van der Waals surface area contributed by atoms with E-state index in [9.17, 15) is 9.59 Å². The van der Waals surface area contributed by atoms with Gasteiger partial charge in [0.2, 0.25) is 0 Å². The minimum absolute atomic E-state index is 0.236. The molecule has 1 N–H and O–H groups in total. The Balaban J connectivity index is 1.50. The van der Waals surface area contributed by atoms with Gasteiger partial charge in [0.05, 0.1) is 28.8 Å². The Labute approximate surface area is 249 Å². The Hall–Kier alpha value is -3.45. The molecule has 0 heterocycles. The highest BCUT2D eigenvalue weighted by Gasteiger charge is 2.18. The maximum atomic E-state index is 13.5. The van der Waals surface area contributed by atoms with Crippen LogP contribution in [0.2, 0.25) is 10.0 Å². The van der Waals surface area contributed by atoms with E-state index in [1.165, 1.54) is 5.56 Å². The maximum Gasteiger partial charge on any atom is 0.326 e. The third-order valence-electron chi connectivity index (χ3n) is 6.07. The quantitative estimate of drug-likeness (QED) is 0.177. The molecule has 8 heteroatoms. The molecule has 4 aromatic rings. The van der Waals surface area contributed by atoms with Crippen molar-refractivity contribution in [1.82, 2.24) is 0 Å². The van der Waals surface area contributed by atoms with Gasteiger partial charge < -0.3 is 10.1 Å². The van der Waals surface area contributed by atoms with Gasteiger partial charge in [0, 0.05) is 22.0 Å². The van der Waals surface area contributed by atoms with Gasteiger partial charge in [0.15, 0.2) is 0 Å². The second-order valence-electron chi connectivity index (χ2n) is 9.00. The Bertz CT molecular complexity index is 1430. The first kappa shape index (κ1) is 29.5. The van der Waals surface area contributed by atoms with E-state index in [1.54, 1.807) is 41.8 Å². The summed E-state index contributed by atoms with van der Waals surface area (Å²) in [6.45, 7) is 2.68. The fourth-order valence-corrected chi connectivity index (χ4v) is 5.34. The van der Waals surface area contributed by atoms with Crippen molar-refractivity contribution in [2.24, 2.45) is 0 Å². The molecule has 40 heavy (non-hydrogen) atoms. The smallest absolute Gasteiger partial charge is 0.326 e. The number of esters is 1. The number of rotatable bonds is 11. The van der Waals surface area contributed by atoms with Crippen LogP contribution in [0.4, 0.5) is 16.2 Å². The molecule has 0 aliphatic rings. The fraction of sp³-hybridized carbons (Fsp3) is 0.188. The lowest BCUT2D eigenvalue weighted by molar-refractivity contribution is -0.142. The lowest BCUT2D eigenvalue weighted by Gasteiger charge is -2.24. The number of hydrogen-bond acceptors (Lipinski definition) is 4. The van der Waals surface area contributed by atoms with Crippen LogP contribution in [0.3, 0.4) is 0 Å². The number of anilines is 2. The number of aryl methyl sites for hydroxylation is 1. The Kier molecular flexibility index (Phi) is 10.9. The second kappa shape index (κ2) is 14.8. The Morgan fingerprint density at radius 2 is 1.60 bits per heavy atom. The molecule has 0 radical (unpaired) electrons. The number of benzene rings is 4. The van der Waals surface area contributed by atoms with Gasteiger partial charge >= 0.3 is 12.0 Å². The second-order valence-corrected chi connectivity index (χ2v) is 10.9. The predicted octanol–water partition coefficient (Wildman–Crippen LogP) is 8.92. The minimum atomic E-state index is -0.289. The molecule has 0 aliphatic carbocycles. The zero-order valence-electron chi connectivity index (χ0n) is 22.1. The average molecular weight is 594 g/mol. The molecule has 206 valence electrons. The molecule has 0 atom stereocenters. The maximum absolute atomic E-state index is 13.5. The summed E-state index contributed by atoms with van der Waals surface area (Å²) in [5, 5.41) is 3.60. The molecular formula is C32H30Cl2N2O3S. The highest BCUT2D eigenvalue weighted by Crippen LogP contribution is 2.33. The largest absolute Gasteiger partial charge is 0.466 e. The Morgan fingerprint density at radius 3 is 2.35 bits per heavy atom. The van der Waals surface area contributed by atoms with E-state index in [0.717, 1.165) is 33.9 Å². The van der Waals surface area contributed by atoms with Crippen molar-refractivity contribution in [3.8, 4) is 0 Å². The minimum Gasteiger partial charge on any atom is -0.466 e. The van der Waals surface area contributed by atoms with E-state index >= 15 is 0 Å². The number of nitrogens with zero attached hydrogens (tertiary/aromatic N) is 1. The molecule has 2 amide bonds. The van der Waals surface area contributed by atoms with Crippen LogP contribution in [0.1, 0.15) is 24.5 Å². The van der Waals surface area contributed by atoms with E-state index in [-0.39, 0.29) is 18.4 Å². The number of urea groups is 1. The third-order valence-corrected chi connectivity index (χ3v) is 7.89. The molecule has 0 aliphatic heterocycles. The summed E-state index contributed by atoms with van der Waals surface area (Å²) in [6.07, 6.45) is 1.87. The van der Waals surface area contributed by atoms with Gasteiger partial charge in [-0.05, 0) is 73.4 Å². The van der Waals surface area contributed by atoms with Crippen LogP contribution in [0, 0.1) is 0 Å². The van der Waals surface area contributed by atoms with E-state index in [2.05, 4.69) is 17.4 Å². The first-order valence-corrected chi connectivity index (χ1v) is 14.6. The van der Waals surface area contributed by atoms with E-state index < -0.39 is 0 Å². The lowest BCUT2D eigenvalue weighted by Crippen LogP contribution is -2.36. The van der Waals surface area contributed by atoms with Gasteiger partial charge in [-0.1, -0.05) is 89.6 Å². The van der Waals surface area contributed by atoms with Crippen molar-refractivity contribution in [3.05, 3.63) is 118 Å². The zero-order chi connectivity index (χ0) is 28.3. The summed E-state index contributed by atoms with van der Waals surface area (Å²) in [5.74, 6) is -0.236. The number of hydrogen-bond donors (Lipinski definition) is 1. The summed E-state index contributed by atoms with van der Waals surface area (Å²) in [7, 11) is 0. The summed E-state index contributed by atoms with van der Waals surface area (Å²) in [5.41, 5.74) is 3.35. The van der Waals surface area contributed by atoms with E-state index in [1.807, 2.05) is 66.7 Å². The van der Waals surface area contributed by atoms with Crippen LogP contribution in [0.5, 0.6) is 0 Å². The molecule has 0 spiro atoms. The van der Waals surface area contributed by atoms with Crippen LogP contribution in [-0.2, 0) is 22.4 Å². The highest BCUT2D eigenvalue weighted by molar-refractivity contribution is 7.99. The van der Waals surface area contributed by atoms with Crippen LogP contribution in [0.25, 0.3) is 0 Å². The van der Waals surface area contributed by atoms with Gasteiger partial charge in [-0.25, -0.2) is 4.79 Å². The monoisotopic (exact) mass is 592 g/mol. The zero-order valence-corrected chi connectivity index (χ0v) is 24.4. The number of halogens is 2. The molecule has 0 bridgehead atoms. The highest BCUT2D eigenvalue weighted by atomic mass is 35.5. The lowest BCUT2D eigenvalue weighted by atomic mass is 10.1. The fourth-order valence-electron chi connectivity index (χ4n) is 4.12. The third kappa shape index (κ3) is 8.52. The molecule has 0 aromatic heterocycles. The van der Waals surface area contributed by atoms with Crippen molar-refractivity contribution in [2.75, 3.05) is 23.4 Å². The van der Waals surface area contributed by atoms with Gasteiger partial charge in [-0.15, -0.1) is 0 Å². The number of ether oxygens (including phenoxy) is 1. The number of nitrogens with one attached hydrogen (secondary N) is 1. The number of carbonyl (C=O) groups is 2. The number of amides is 2. The molecule has 0 saturated heterocycles. The van der Waals surface area contributed by atoms with Crippen molar-refractivity contribution < 1.29 is 14.3 Å². The molecular weight excluding hydrogens is 563 g/mol. The van der Waals surface area contributed by atoms with Crippen molar-refractivity contribution in [1.29, 1.82) is 0 Å². The molecule has 5 nitrogen and oxygen atoms in total. The van der Waals surface area contributed by atoms with Crippen LogP contribution < -0.4 is 10.2 Å². The topological polar surface area (TPSA) is 58.6 Å². The molecule has 4 rings (SSSR count). The van der Waals surface area contributed by atoms with Crippen LogP contribution in [0.15, 0.2) is 107 Å². The predicted molar refractivity (Wildman–Crippen MR) is 165 cm³/mol. The molecule has 0 unspecified atom stereocenters. The number of carbonyl (C=O) groups excluding carboxylic acids is 2.